The van der Waals surface area contributed by atoms with E-state index >= 15 is 0 Å². The van der Waals surface area contributed by atoms with E-state index in [0.29, 0.717) is 0 Å². The monoisotopic (exact) mass is 393 g/mol. The van der Waals surface area contributed by atoms with Gasteiger partial charge in [-0.05, 0) is 36.4 Å². The van der Waals surface area contributed by atoms with Crippen LogP contribution in [0.25, 0.3) is 0 Å². The van der Waals surface area contributed by atoms with Crippen molar-refractivity contribution in [2.75, 3.05) is 10.6 Å². The first-order valence-corrected chi connectivity index (χ1v) is 7.90. The minimum absolute atomic E-state index is 0.0465. The summed E-state index contributed by atoms with van der Waals surface area (Å²) >= 11 is 0. The summed E-state index contributed by atoms with van der Waals surface area (Å²) in [5.41, 5.74) is -0.900. The normalized spacial score (nSPS) is 11.2. The Balaban J connectivity index is 1.73. The van der Waals surface area contributed by atoms with Gasteiger partial charge in [-0.3, -0.25) is 4.79 Å². The number of alkyl halides is 3. The summed E-state index contributed by atoms with van der Waals surface area (Å²) in [4.78, 5) is 16.0. The van der Waals surface area contributed by atoms with Gasteiger partial charge in [0.15, 0.2) is 11.6 Å². The molecule has 0 radical (unpaired) electrons. The van der Waals surface area contributed by atoms with Crippen molar-refractivity contribution in [3.8, 4) is 0 Å². The number of nitrogens with one attached hydrogen (secondary N) is 2. The molecule has 0 aliphatic heterocycles. The topological polar surface area (TPSA) is 54.0 Å². The van der Waals surface area contributed by atoms with E-state index in [-0.39, 0.29) is 22.8 Å². The third kappa shape index (κ3) is 4.43. The van der Waals surface area contributed by atoms with Gasteiger partial charge in [0.05, 0.1) is 16.8 Å². The largest absolute Gasteiger partial charge is 0.418 e. The van der Waals surface area contributed by atoms with Gasteiger partial charge in [-0.25, -0.2) is 13.8 Å². The molecule has 3 rings (SSSR count). The Morgan fingerprint density at radius 3 is 2.32 bits per heavy atom. The minimum Gasteiger partial charge on any atom is -0.340 e. The number of nitrogens with zero attached hydrogens (tertiary/aromatic N) is 1. The van der Waals surface area contributed by atoms with Crippen LogP contribution in [0.3, 0.4) is 0 Å². The predicted octanol–water partition coefficient (Wildman–Crippen LogP) is 5.37. The second-order valence-corrected chi connectivity index (χ2v) is 5.68. The van der Waals surface area contributed by atoms with Crippen molar-refractivity contribution in [3.63, 3.8) is 0 Å². The molecule has 3 aromatic rings. The number of hydrogen-bond donors (Lipinski definition) is 2. The van der Waals surface area contributed by atoms with Crippen LogP contribution in [-0.2, 0) is 6.18 Å². The number of amides is 1. The van der Waals surface area contributed by atoms with Gasteiger partial charge in [0, 0.05) is 18.0 Å². The Morgan fingerprint density at radius 2 is 1.68 bits per heavy atom. The number of aromatic nitrogens is 1. The van der Waals surface area contributed by atoms with Gasteiger partial charge < -0.3 is 10.6 Å². The number of para-hydroxylation sites is 1. The fourth-order valence-electron chi connectivity index (χ4n) is 2.36. The molecule has 144 valence electrons. The van der Waals surface area contributed by atoms with Crippen molar-refractivity contribution >= 4 is 23.1 Å². The van der Waals surface area contributed by atoms with E-state index in [1.165, 1.54) is 36.4 Å². The fourth-order valence-corrected chi connectivity index (χ4v) is 2.36. The summed E-state index contributed by atoms with van der Waals surface area (Å²) in [7, 11) is 0. The molecule has 0 saturated carbocycles. The highest BCUT2D eigenvalue weighted by molar-refractivity contribution is 6.04. The first-order valence-electron chi connectivity index (χ1n) is 7.90. The molecule has 28 heavy (non-hydrogen) atoms. The van der Waals surface area contributed by atoms with Gasteiger partial charge in [0.1, 0.15) is 5.82 Å². The number of anilines is 3. The first-order chi connectivity index (χ1) is 13.2. The fraction of sp³-hybridized carbons (Fsp3) is 0.0526. The number of carbonyl (C=O) groups excluding carboxylic acids is 1. The predicted molar refractivity (Wildman–Crippen MR) is 93.3 cm³/mol. The maximum atomic E-state index is 13.2. The smallest absolute Gasteiger partial charge is 0.340 e. The lowest BCUT2D eigenvalue weighted by Gasteiger charge is -2.14. The Bertz CT molecular complexity index is 1000. The maximum Gasteiger partial charge on any atom is 0.418 e. The summed E-state index contributed by atoms with van der Waals surface area (Å²) in [6.07, 6.45) is -3.39. The van der Waals surface area contributed by atoms with Gasteiger partial charge in [-0.15, -0.1) is 0 Å². The molecule has 4 nitrogen and oxygen atoms in total. The average Bonchev–Trinajstić information content (AvgIpc) is 2.65. The van der Waals surface area contributed by atoms with Crippen molar-refractivity contribution in [2.45, 2.75) is 6.18 Å². The summed E-state index contributed by atoms with van der Waals surface area (Å²) in [6, 6.07) is 10.5. The highest BCUT2D eigenvalue weighted by Gasteiger charge is 2.33. The number of rotatable bonds is 4. The Hall–Kier alpha value is -3.49. The van der Waals surface area contributed by atoms with Crippen molar-refractivity contribution in [1.29, 1.82) is 0 Å². The summed E-state index contributed by atoms with van der Waals surface area (Å²) in [5, 5.41) is 4.92. The molecule has 0 fully saturated rings. The summed E-state index contributed by atoms with van der Waals surface area (Å²) < 4.78 is 65.1. The third-order valence-electron chi connectivity index (χ3n) is 3.70. The zero-order valence-corrected chi connectivity index (χ0v) is 14.0. The molecule has 2 N–H and O–H groups in total. The standard InChI is InChI=1S/C19H12F5N3O/c20-14-7-6-12(9-15(14)21)26-18(28)11-5-8-17(25-10-11)27-16-4-2-1-3-13(16)19(22,23)24/h1-10H,(H,25,27)(H,26,28). The Labute approximate surface area is 156 Å². The van der Waals surface area contributed by atoms with Gasteiger partial charge in [0.2, 0.25) is 0 Å². The van der Waals surface area contributed by atoms with Crippen molar-refractivity contribution in [3.05, 3.63) is 83.6 Å². The second-order valence-electron chi connectivity index (χ2n) is 5.68. The van der Waals surface area contributed by atoms with E-state index in [1.807, 2.05) is 0 Å². The number of hydrogen-bond acceptors (Lipinski definition) is 3. The maximum absolute atomic E-state index is 13.2. The Morgan fingerprint density at radius 1 is 0.929 bits per heavy atom. The molecule has 0 bridgehead atoms. The molecule has 0 aliphatic carbocycles. The molecule has 1 heterocycles. The van der Waals surface area contributed by atoms with Gasteiger partial charge in [0.25, 0.3) is 5.91 Å². The van der Waals surface area contributed by atoms with Crippen LogP contribution < -0.4 is 10.6 Å². The van der Waals surface area contributed by atoms with Crippen molar-refractivity contribution in [2.24, 2.45) is 0 Å². The SMILES string of the molecule is O=C(Nc1ccc(F)c(F)c1)c1ccc(Nc2ccccc2C(F)(F)F)nc1. The summed E-state index contributed by atoms with van der Waals surface area (Å²) in [5.74, 6) is -2.70. The zero-order valence-electron chi connectivity index (χ0n) is 14.0. The van der Waals surface area contributed by atoms with Gasteiger partial charge >= 0.3 is 6.18 Å². The van der Waals surface area contributed by atoms with Gasteiger partial charge in [-0.1, -0.05) is 12.1 Å². The number of pyridine rings is 1. The quantitative estimate of drug-likeness (QED) is 0.586. The van der Waals surface area contributed by atoms with Gasteiger partial charge in [-0.2, -0.15) is 13.2 Å². The minimum atomic E-state index is -4.53. The lowest BCUT2D eigenvalue weighted by atomic mass is 10.1. The lowest BCUT2D eigenvalue weighted by Crippen LogP contribution is -2.13. The van der Waals surface area contributed by atoms with Crippen LogP contribution >= 0.6 is 0 Å². The zero-order chi connectivity index (χ0) is 20.3. The van der Waals surface area contributed by atoms with Crippen LogP contribution in [0.2, 0.25) is 0 Å². The van der Waals surface area contributed by atoms with E-state index in [2.05, 4.69) is 15.6 Å². The molecule has 9 heteroatoms. The van der Waals surface area contributed by atoms with Crippen molar-refractivity contribution in [1.82, 2.24) is 4.98 Å². The molecule has 0 spiro atoms. The van der Waals surface area contributed by atoms with E-state index < -0.39 is 29.3 Å². The Kier molecular flexibility index (Phi) is 5.25. The molecule has 0 aliphatic rings. The average molecular weight is 393 g/mol. The number of carbonyl (C=O) groups is 1. The molecular formula is C19H12F5N3O. The number of benzene rings is 2. The lowest BCUT2D eigenvalue weighted by molar-refractivity contribution is -0.136. The molecule has 0 atom stereocenters. The third-order valence-corrected chi connectivity index (χ3v) is 3.70. The van der Waals surface area contributed by atoms with Crippen LogP contribution in [0.4, 0.5) is 39.1 Å². The molecule has 1 amide bonds. The molecular weight excluding hydrogens is 381 g/mol. The van der Waals surface area contributed by atoms with Crippen molar-refractivity contribution < 1.29 is 26.7 Å². The van der Waals surface area contributed by atoms with Crippen LogP contribution in [0, 0.1) is 11.6 Å². The van der Waals surface area contributed by atoms with E-state index in [1.54, 1.807) is 0 Å². The van der Waals surface area contributed by atoms with Crippen LogP contribution in [-0.4, -0.2) is 10.9 Å². The van der Waals surface area contributed by atoms with Crippen LogP contribution in [0.5, 0.6) is 0 Å². The molecule has 0 unspecified atom stereocenters. The highest BCUT2D eigenvalue weighted by atomic mass is 19.4. The van der Waals surface area contributed by atoms with E-state index in [4.69, 9.17) is 0 Å². The molecule has 2 aromatic carbocycles. The van der Waals surface area contributed by atoms with E-state index in [9.17, 15) is 26.7 Å². The summed E-state index contributed by atoms with van der Waals surface area (Å²) in [6.45, 7) is 0. The van der Waals surface area contributed by atoms with Crippen LogP contribution in [0.15, 0.2) is 60.8 Å². The number of halogens is 5. The molecule has 1 aromatic heterocycles. The van der Waals surface area contributed by atoms with Crippen LogP contribution in [0.1, 0.15) is 15.9 Å². The molecule has 0 saturated heterocycles. The van der Waals surface area contributed by atoms with E-state index in [0.717, 1.165) is 24.4 Å². The second kappa shape index (κ2) is 7.63. The first kappa shape index (κ1) is 19.3. The highest BCUT2D eigenvalue weighted by Crippen LogP contribution is 2.35.